The molecule has 3 amide bonds. The van der Waals surface area contributed by atoms with Gasteiger partial charge in [0, 0.05) is 48.2 Å². The summed E-state index contributed by atoms with van der Waals surface area (Å²) >= 11 is 1.18. The summed E-state index contributed by atoms with van der Waals surface area (Å²) in [5, 5.41) is 17.0. The number of nitrogens with zero attached hydrogens (tertiary/aromatic N) is 7. The van der Waals surface area contributed by atoms with E-state index in [1.54, 1.807) is 48.5 Å². The highest BCUT2D eigenvalue weighted by Crippen LogP contribution is 2.58. The fraction of sp³-hybridized carbons (Fsp3) is 0.442. The number of carbonyl (C=O) groups is 4. The van der Waals surface area contributed by atoms with Gasteiger partial charge in [-0.05, 0) is 122 Å². The van der Waals surface area contributed by atoms with E-state index in [0.29, 0.717) is 34.3 Å². The molecule has 4 fully saturated rings. The summed E-state index contributed by atoms with van der Waals surface area (Å²) in [6.07, 6.45) is 9.70. The van der Waals surface area contributed by atoms with Crippen LogP contribution in [0.1, 0.15) is 96.7 Å². The van der Waals surface area contributed by atoms with Gasteiger partial charge in [0.2, 0.25) is 17.7 Å². The number of aromatic nitrogens is 5. The summed E-state index contributed by atoms with van der Waals surface area (Å²) in [7, 11) is -2.96. The van der Waals surface area contributed by atoms with Crippen molar-refractivity contribution in [1.29, 1.82) is 0 Å². The van der Waals surface area contributed by atoms with Crippen molar-refractivity contribution >= 4 is 52.6 Å². The molecule has 2 N–H and O–H groups in total. The number of alkyl halides is 1. The van der Waals surface area contributed by atoms with Crippen LogP contribution in [0, 0.1) is 0 Å². The number of rotatable bonds is 13. The zero-order valence-electron chi connectivity index (χ0n) is 34.3. The molecule has 324 valence electrons. The van der Waals surface area contributed by atoms with Crippen LogP contribution >= 0.6 is 18.9 Å². The first-order valence-corrected chi connectivity index (χ1v) is 23.4. The quantitative estimate of drug-likeness (QED) is 0.104. The van der Waals surface area contributed by atoms with Gasteiger partial charge in [-0.1, -0.05) is 30.3 Å². The molecule has 4 aliphatic rings. The number of likely N-dealkylation sites (tertiary alicyclic amines) is 1. The van der Waals surface area contributed by atoms with E-state index in [-0.39, 0.29) is 53.1 Å². The lowest BCUT2D eigenvalue weighted by molar-refractivity contribution is -0.147. The highest BCUT2D eigenvalue weighted by Gasteiger charge is 2.58. The average molecular weight is 884 g/mol. The van der Waals surface area contributed by atoms with Crippen molar-refractivity contribution in [3.63, 3.8) is 0 Å². The minimum absolute atomic E-state index is 0.00239. The SMILES string of the molecule is C[C@H](NP(=O)(Oc1ccccc1)[C@@H](F)c1ccc2sc(C(=O)N[C@H]3CCC[C@H]4CC[C@@H](C(=O)N5C[C@@H](c6cccnc6)CC56CC6)N4C3=O)cc2c1)C(=O)OCc1nnnn1C. The first kappa shape index (κ1) is 41.8. The van der Waals surface area contributed by atoms with Crippen molar-refractivity contribution in [2.45, 2.75) is 106 Å². The minimum atomic E-state index is -4.54. The lowest BCUT2D eigenvalue weighted by atomic mass is 9.97. The van der Waals surface area contributed by atoms with E-state index >= 15 is 4.39 Å². The zero-order valence-corrected chi connectivity index (χ0v) is 36.0. The molecule has 1 saturated carbocycles. The normalized spacial score (nSPS) is 23.6. The molecule has 19 heteroatoms. The van der Waals surface area contributed by atoms with Gasteiger partial charge < -0.3 is 24.4 Å². The van der Waals surface area contributed by atoms with Gasteiger partial charge in [-0.2, -0.15) is 0 Å². The predicted octanol–water partition coefficient (Wildman–Crippen LogP) is 5.97. The molecular formula is C43H47FN9O7PS. The third-order valence-corrected chi connectivity index (χ3v) is 15.9. The first-order valence-electron chi connectivity index (χ1n) is 20.9. The summed E-state index contributed by atoms with van der Waals surface area (Å²) in [6.45, 7) is 1.73. The number of carbonyl (C=O) groups excluding carboxylic acids is 4. The van der Waals surface area contributed by atoms with Gasteiger partial charge in [-0.15, -0.1) is 16.4 Å². The highest BCUT2D eigenvalue weighted by atomic mass is 32.1. The largest absolute Gasteiger partial charge is 0.456 e. The molecule has 3 aliphatic heterocycles. The van der Waals surface area contributed by atoms with Gasteiger partial charge in [0.05, 0.1) is 4.88 Å². The number of halogens is 1. The first-order chi connectivity index (χ1) is 29.9. The van der Waals surface area contributed by atoms with Gasteiger partial charge in [-0.25, -0.2) is 14.2 Å². The van der Waals surface area contributed by atoms with Crippen molar-refractivity contribution in [2.75, 3.05) is 6.54 Å². The second kappa shape index (κ2) is 16.9. The van der Waals surface area contributed by atoms with Crippen molar-refractivity contribution in [2.24, 2.45) is 7.05 Å². The molecular weight excluding hydrogens is 837 g/mol. The number of aryl methyl sites for hydroxylation is 1. The Morgan fingerprint density at radius 1 is 1.05 bits per heavy atom. The van der Waals surface area contributed by atoms with E-state index in [0.717, 1.165) is 44.1 Å². The molecule has 9 rings (SSSR count). The summed E-state index contributed by atoms with van der Waals surface area (Å²) in [4.78, 5) is 64.0. The standard InChI is InChI=1S/C43H47FN9O7PS/c1-26(42(57)59-25-37-47-49-50-51(37)2)48-61(58,60-32-10-4-3-5-11-32)38(44)27-13-16-35-29(20-27)21-36(62-35)39(54)46-33-12-6-9-31-14-15-34(53(31)40(33)55)41(56)52-24-30(22-43(52)17-18-43)28-8-7-19-45-23-28/h3-5,7-8,10-11,13,16,19-21,23,26,30-31,33-34,38H,6,9,12,14-15,17-18,22,24-25H2,1-2H3,(H,46,54)(H,48,58)/t26-,30-,31-,33-,34-,38+,61?/m0/s1. The Bertz CT molecular complexity index is 2540. The van der Waals surface area contributed by atoms with Gasteiger partial charge in [-0.3, -0.25) is 28.7 Å². The number of hydrogen-bond acceptors (Lipinski definition) is 12. The van der Waals surface area contributed by atoms with Gasteiger partial charge in [0.25, 0.3) is 5.91 Å². The number of ether oxygens (including phenoxy) is 1. The number of para-hydroxylation sites is 1. The second-order valence-electron chi connectivity index (χ2n) is 16.7. The maximum Gasteiger partial charge on any atom is 0.355 e. The maximum atomic E-state index is 16.7. The zero-order chi connectivity index (χ0) is 43.2. The molecule has 3 saturated heterocycles. The molecule has 0 radical (unpaired) electrons. The van der Waals surface area contributed by atoms with Crippen molar-refractivity contribution in [3.8, 4) is 5.75 Å². The number of esters is 1. The van der Waals surface area contributed by atoms with Crippen molar-refractivity contribution < 1.29 is 37.4 Å². The van der Waals surface area contributed by atoms with Crippen LogP contribution in [0.3, 0.4) is 0 Å². The number of pyridine rings is 1. The highest BCUT2D eigenvalue weighted by molar-refractivity contribution is 7.57. The summed E-state index contributed by atoms with van der Waals surface area (Å²) in [5.41, 5.74) is 0.960. The molecule has 6 heterocycles. The number of nitrogens with one attached hydrogen (secondary N) is 2. The summed E-state index contributed by atoms with van der Waals surface area (Å²) < 4.78 is 44.2. The number of amides is 3. The molecule has 1 spiro atoms. The van der Waals surface area contributed by atoms with Crippen LogP contribution in [0.2, 0.25) is 0 Å². The molecule has 0 bridgehead atoms. The fourth-order valence-electron chi connectivity index (χ4n) is 9.22. The van der Waals surface area contributed by atoms with Crippen LogP contribution in [-0.4, -0.2) is 94.9 Å². The molecule has 3 aromatic heterocycles. The van der Waals surface area contributed by atoms with Crippen molar-refractivity contribution in [3.05, 3.63) is 101 Å². The van der Waals surface area contributed by atoms with E-state index < -0.39 is 43.4 Å². The molecule has 62 heavy (non-hydrogen) atoms. The summed E-state index contributed by atoms with van der Waals surface area (Å²) in [5.74, 6) is -3.17. The Kier molecular flexibility index (Phi) is 11.4. The molecule has 1 unspecified atom stereocenters. The monoisotopic (exact) mass is 883 g/mol. The van der Waals surface area contributed by atoms with Gasteiger partial charge in [0.15, 0.2) is 12.4 Å². The maximum absolute atomic E-state index is 16.7. The number of fused-ring (bicyclic) bond motifs is 2. The van der Waals surface area contributed by atoms with Crippen molar-refractivity contribution in [1.82, 2.24) is 45.4 Å². The van der Waals surface area contributed by atoms with E-state index in [9.17, 15) is 23.7 Å². The molecule has 1 aliphatic carbocycles. The average Bonchev–Trinajstić information content (AvgIpc) is 3.59. The summed E-state index contributed by atoms with van der Waals surface area (Å²) in [6, 6.07) is 15.5. The molecule has 2 aromatic carbocycles. The lowest BCUT2D eigenvalue weighted by Gasteiger charge is -2.34. The molecule has 16 nitrogen and oxygen atoms in total. The van der Waals surface area contributed by atoms with Crippen LogP contribution in [0.4, 0.5) is 4.39 Å². The smallest absolute Gasteiger partial charge is 0.355 e. The number of benzene rings is 2. The van der Waals surface area contributed by atoms with E-state index in [1.807, 2.05) is 17.2 Å². The number of thiophene rings is 1. The Morgan fingerprint density at radius 3 is 2.61 bits per heavy atom. The van der Waals surface area contributed by atoms with E-state index in [2.05, 4.69) is 37.0 Å². The van der Waals surface area contributed by atoms with Gasteiger partial charge in [0.1, 0.15) is 23.9 Å². The Morgan fingerprint density at radius 2 is 1.87 bits per heavy atom. The van der Waals surface area contributed by atoms with E-state index in [1.165, 1.54) is 47.2 Å². The Labute approximate surface area is 361 Å². The second-order valence-corrected chi connectivity index (χ2v) is 19.9. The van der Waals surface area contributed by atoms with Crippen LogP contribution in [0.15, 0.2) is 79.1 Å². The Balaban J connectivity index is 0.889. The third-order valence-electron chi connectivity index (χ3n) is 12.6. The minimum Gasteiger partial charge on any atom is -0.456 e. The third kappa shape index (κ3) is 8.22. The fourth-order valence-corrected chi connectivity index (χ4v) is 12.1. The van der Waals surface area contributed by atoms with Gasteiger partial charge >= 0.3 is 13.5 Å². The topological polar surface area (TPSA) is 191 Å². The van der Waals surface area contributed by atoms with Crippen LogP contribution < -0.4 is 14.9 Å². The number of tetrazole rings is 1. The van der Waals surface area contributed by atoms with Crippen LogP contribution in [-0.2, 0) is 37.3 Å². The number of hydrogen-bond donors (Lipinski definition) is 2. The predicted molar refractivity (Wildman–Crippen MR) is 226 cm³/mol. The molecule has 5 aromatic rings. The van der Waals surface area contributed by atoms with Crippen LogP contribution in [0.25, 0.3) is 10.1 Å². The van der Waals surface area contributed by atoms with E-state index in [4.69, 9.17) is 9.26 Å². The Hall–Kier alpha value is -5.58. The molecule has 7 atom stereocenters. The lowest BCUT2D eigenvalue weighted by Crippen LogP contribution is -2.56. The van der Waals surface area contributed by atoms with Crippen LogP contribution in [0.5, 0.6) is 5.75 Å².